The molecule has 1 N–H and O–H groups in total. The first-order chi connectivity index (χ1) is 6.81. The summed E-state index contributed by atoms with van der Waals surface area (Å²) >= 11 is 0. The highest BCUT2D eigenvalue weighted by atomic mass is 15.0. The summed E-state index contributed by atoms with van der Waals surface area (Å²) in [5.74, 6) is 1.83. The zero-order chi connectivity index (χ0) is 9.54. The Morgan fingerprint density at radius 2 is 2.21 bits per heavy atom. The van der Waals surface area contributed by atoms with Crippen molar-refractivity contribution in [2.24, 2.45) is 5.92 Å². The number of hydrogen-bond donors (Lipinski definition) is 1. The first-order valence-corrected chi connectivity index (χ1v) is 5.13. The summed E-state index contributed by atoms with van der Waals surface area (Å²) in [5, 5.41) is 0. The van der Waals surface area contributed by atoms with Gasteiger partial charge in [-0.3, -0.25) is 0 Å². The minimum atomic E-state index is 0.862. The summed E-state index contributed by atoms with van der Waals surface area (Å²) in [7, 11) is 0. The van der Waals surface area contributed by atoms with E-state index >= 15 is 0 Å². The topological polar surface area (TPSA) is 41.6 Å². The second kappa shape index (κ2) is 2.80. The summed E-state index contributed by atoms with van der Waals surface area (Å²) in [6.45, 7) is 1.96. The molecule has 3 nitrogen and oxygen atoms in total. The molecule has 2 heterocycles. The van der Waals surface area contributed by atoms with Crippen LogP contribution in [0.3, 0.4) is 0 Å². The molecule has 0 aromatic carbocycles. The summed E-state index contributed by atoms with van der Waals surface area (Å²) in [6, 6.07) is 4.19. The lowest BCUT2D eigenvalue weighted by Crippen LogP contribution is -1.91. The molecule has 0 unspecified atom stereocenters. The van der Waals surface area contributed by atoms with Gasteiger partial charge in [-0.2, -0.15) is 0 Å². The van der Waals surface area contributed by atoms with Crippen LogP contribution in [0.4, 0.5) is 0 Å². The maximum absolute atomic E-state index is 4.53. The van der Waals surface area contributed by atoms with Crippen LogP contribution in [0.1, 0.15) is 24.4 Å². The Morgan fingerprint density at radius 3 is 3.00 bits per heavy atom. The molecule has 0 spiro atoms. The van der Waals surface area contributed by atoms with Gasteiger partial charge in [0.2, 0.25) is 0 Å². The number of hydrogen-bond acceptors (Lipinski definition) is 2. The highest BCUT2D eigenvalue weighted by Gasteiger charge is 2.22. The van der Waals surface area contributed by atoms with Gasteiger partial charge in [0.1, 0.15) is 5.82 Å². The molecule has 3 rings (SSSR count). The normalized spacial score (nSPS) is 16.4. The smallest absolute Gasteiger partial charge is 0.177 e. The fourth-order valence-corrected chi connectivity index (χ4v) is 1.78. The highest BCUT2D eigenvalue weighted by Crippen LogP contribution is 2.32. The minimum absolute atomic E-state index is 0.862. The van der Waals surface area contributed by atoms with Crippen molar-refractivity contribution in [2.45, 2.75) is 26.2 Å². The number of aryl methyl sites for hydroxylation is 1. The Balaban J connectivity index is 2.00. The molecule has 14 heavy (non-hydrogen) atoms. The molecule has 72 valence electrons. The molecule has 0 aliphatic heterocycles. The number of aromatic nitrogens is 3. The van der Waals surface area contributed by atoms with Crippen molar-refractivity contribution in [2.75, 3.05) is 0 Å². The lowest BCUT2D eigenvalue weighted by molar-refractivity contribution is 0.808. The van der Waals surface area contributed by atoms with E-state index in [0.29, 0.717) is 0 Å². The molecule has 2 aromatic rings. The Kier molecular flexibility index (Phi) is 1.60. The molecule has 0 saturated heterocycles. The van der Waals surface area contributed by atoms with Gasteiger partial charge in [-0.1, -0.05) is 0 Å². The van der Waals surface area contributed by atoms with Crippen LogP contribution in [-0.2, 0) is 6.42 Å². The second-order valence-corrected chi connectivity index (χ2v) is 4.14. The van der Waals surface area contributed by atoms with Gasteiger partial charge in [-0.05, 0) is 44.2 Å². The van der Waals surface area contributed by atoms with Crippen LogP contribution >= 0.6 is 0 Å². The summed E-state index contributed by atoms with van der Waals surface area (Å²) < 4.78 is 0. The van der Waals surface area contributed by atoms with Crippen molar-refractivity contribution < 1.29 is 0 Å². The largest absolute Gasteiger partial charge is 0.341 e. The summed E-state index contributed by atoms with van der Waals surface area (Å²) in [6.07, 6.45) is 3.88. The van der Waals surface area contributed by atoms with E-state index in [4.69, 9.17) is 0 Å². The van der Waals surface area contributed by atoms with E-state index in [1.165, 1.54) is 18.5 Å². The number of imidazole rings is 1. The van der Waals surface area contributed by atoms with Gasteiger partial charge in [0.25, 0.3) is 0 Å². The Morgan fingerprint density at radius 1 is 1.36 bits per heavy atom. The highest BCUT2D eigenvalue weighted by molar-refractivity contribution is 5.70. The monoisotopic (exact) mass is 187 g/mol. The van der Waals surface area contributed by atoms with Crippen molar-refractivity contribution in [3.63, 3.8) is 0 Å². The van der Waals surface area contributed by atoms with Crippen LogP contribution < -0.4 is 0 Å². The molecular formula is C11H13N3. The number of nitrogens with zero attached hydrogens (tertiary/aromatic N) is 2. The lowest BCUT2D eigenvalue weighted by Gasteiger charge is -1.96. The van der Waals surface area contributed by atoms with E-state index in [2.05, 4.69) is 27.1 Å². The second-order valence-electron chi connectivity index (χ2n) is 4.14. The average Bonchev–Trinajstić information content (AvgIpc) is 2.86. The number of rotatable bonds is 2. The molecule has 1 aliphatic rings. The van der Waals surface area contributed by atoms with E-state index in [1.807, 2.05) is 6.92 Å². The van der Waals surface area contributed by atoms with Gasteiger partial charge in [0, 0.05) is 5.69 Å². The Labute approximate surface area is 82.6 Å². The zero-order valence-electron chi connectivity index (χ0n) is 8.25. The predicted octanol–water partition coefficient (Wildman–Crippen LogP) is 2.22. The van der Waals surface area contributed by atoms with E-state index in [-0.39, 0.29) is 0 Å². The van der Waals surface area contributed by atoms with Gasteiger partial charge in [0.05, 0.1) is 5.52 Å². The molecule has 1 saturated carbocycles. The van der Waals surface area contributed by atoms with Gasteiger partial charge >= 0.3 is 0 Å². The van der Waals surface area contributed by atoms with Crippen LogP contribution in [0.5, 0.6) is 0 Å². The summed E-state index contributed by atoms with van der Waals surface area (Å²) in [4.78, 5) is 12.0. The number of aromatic amines is 1. The minimum Gasteiger partial charge on any atom is -0.341 e. The van der Waals surface area contributed by atoms with Crippen LogP contribution in [0.2, 0.25) is 0 Å². The number of pyridine rings is 1. The third-order valence-electron chi connectivity index (χ3n) is 2.72. The van der Waals surface area contributed by atoms with Crippen LogP contribution in [-0.4, -0.2) is 15.0 Å². The van der Waals surface area contributed by atoms with Crippen molar-refractivity contribution in [1.29, 1.82) is 0 Å². The maximum Gasteiger partial charge on any atom is 0.177 e. The van der Waals surface area contributed by atoms with Gasteiger partial charge in [-0.25, -0.2) is 9.97 Å². The zero-order valence-corrected chi connectivity index (χ0v) is 8.25. The number of H-pyrrole nitrogens is 1. The van der Waals surface area contributed by atoms with Crippen molar-refractivity contribution >= 4 is 11.2 Å². The Bertz CT molecular complexity index is 468. The molecular weight excluding hydrogens is 174 g/mol. The maximum atomic E-state index is 4.53. The van der Waals surface area contributed by atoms with Crippen LogP contribution in [0.25, 0.3) is 11.2 Å². The van der Waals surface area contributed by atoms with Gasteiger partial charge < -0.3 is 4.98 Å². The van der Waals surface area contributed by atoms with Gasteiger partial charge in [0.15, 0.2) is 5.65 Å². The van der Waals surface area contributed by atoms with E-state index < -0.39 is 0 Å². The number of nitrogens with one attached hydrogen (secondary N) is 1. The molecule has 1 aliphatic carbocycles. The molecule has 0 atom stereocenters. The molecule has 0 radical (unpaired) electrons. The first-order valence-electron chi connectivity index (χ1n) is 5.13. The average molecular weight is 187 g/mol. The molecule has 0 amide bonds. The van der Waals surface area contributed by atoms with Crippen LogP contribution in [0.15, 0.2) is 12.1 Å². The van der Waals surface area contributed by atoms with Crippen molar-refractivity contribution in [1.82, 2.24) is 15.0 Å². The van der Waals surface area contributed by atoms with Gasteiger partial charge in [-0.15, -0.1) is 0 Å². The Hall–Kier alpha value is -1.38. The lowest BCUT2D eigenvalue weighted by atomic mass is 10.2. The molecule has 0 bridgehead atoms. The number of fused-ring (bicyclic) bond motifs is 1. The molecule has 3 heteroatoms. The van der Waals surface area contributed by atoms with E-state index in [0.717, 1.165) is 29.3 Å². The van der Waals surface area contributed by atoms with Crippen molar-refractivity contribution in [3.8, 4) is 0 Å². The third-order valence-corrected chi connectivity index (χ3v) is 2.72. The van der Waals surface area contributed by atoms with E-state index in [9.17, 15) is 0 Å². The molecule has 1 fully saturated rings. The third kappa shape index (κ3) is 1.39. The predicted molar refractivity (Wildman–Crippen MR) is 55.1 cm³/mol. The van der Waals surface area contributed by atoms with Crippen LogP contribution in [0, 0.1) is 12.8 Å². The quantitative estimate of drug-likeness (QED) is 0.783. The standard InChI is InChI=1S/C11H13N3/c1-7-12-10-5-4-9(6-8-2-3-8)14-11(10)13-7/h4-5,8H,2-3,6H2,1H3,(H,12,13,14). The first kappa shape index (κ1) is 7.97. The fourth-order valence-electron chi connectivity index (χ4n) is 1.78. The molecule has 2 aromatic heterocycles. The SMILES string of the molecule is Cc1nc2nc(CC3CC3)ccc2[nH]1. The fraction of sp³-hybridized carbons (Fsp3) is 0.455. The summed E-state index contributed by atoms with van der Waals surface area (Å²) in [5.41, 5.74) is 3.09. The van der Waals surface area contributed by atoms with E-state index in [1.54, 1.807) is 0 Å². The van der Waals surface area contributed by atoms with Crippen molar-refractivity contribution in [3.05, 3.63) is 23.7 Å².